The first-order chi connectivity index (χ1) is 15.5. The second-order valence-electron chi connectivity index (χ2n) is 6.79. The van der Waals surface area contributed by atoms with Crippen molar-refractivity contribution in [2.45, 2.75) is 25.7 Å². The van der Waals surface area contributed by atoms with Gasteiger partial charge in [0.05, 0.1) is 18.8 Å². The van der Waals surface area contributed by atoms with Crippen molar-refractivity contribution in [2.24, 2.45) is 0 Å². The van der Waals surface area contributed by atoms with Gasteiger partial charge < -0.3 is 19.3 Å². The molecule has 32 heavy (non-hydrogen) atoms. The van der Waals surface area contributed by atoms with Gasteiger partial charge in [0.25, 0.3) is 0 Å². The fourth-order valence-corrected chi connectivity index (χ4v) is 2.65. The van der Waals surface area contributed by atoms with Gasteiger partial charge in [0, 0.05) is 12.2 Å². The first-order valence-electron chi connectivity index (χ1n) is 10.2. The number of esters is 2. The first-order valence-corrected chi connectivity index (χ1v) is 10.2. The van der Waals surface area contributed by atoms with E-state index in [0.717, 1.165) is 37.8 Å². The lowest BCUT2D eigenvalue weighted by molar-refractivity contribution is -0.138. The maximum Gasteiger partial charge on any atom is 0.343 e. The second-order valence-corrected chi connectivity index (χ2v) is 6.79. The lowest BCUT2D eigenvalue weighted by atomic mass is 10.2. The number of ether oxygens (including phenoxy) is 3. The van der Waals surface area contributed by atoms with Crippen LogP contribution in [0.5, 0.6) is 11.5 Å². The van der Waals surface area contributed by atoms with E-state index in [-0.39, 0.29) is 0 Å². The summed E-state index contributed by atoms with van der Waals surface area (Å²) in [5, 5.41) is 8.64. The zero-order chi connectivity index (χ0) is 23.2. The van der Waals surface area contributed by atoms with Crippen LogP contribution in [0.25, 0.3) is 6.08 Å². The lowest BCUT2D eigenvalue weighted by Gasteiger charge is -2.08. The maximum atomic E-state index is 12.3. The number of carboxylic acid groups (broad SMARTS) is 1. The van der Waals surface area contributed by atoms with Gasteiger partial charge in [-0.15, -0.1) is 0 Å². The number of hydrogen-bond acceptors (Lipinski definition) is 6. The summed E-state index contributed by atoms with van der Waals surface area (Å²) >= 11 is 0. The van der Waals surface area contributed by atoms with Gasteiger partial charge in [-0.3, -0.25) is 0 Å². The third-order valence-corrected chi connectivity index (χ3v) is 4.32. The van der Waals surface area contributed by atoms with Crippen molar-refractivity contribution in [3.8, 4) is 11.5 Å². The summed E-state index contributed by atoms with van der Waals surface area (Å²) in [6, 6.07) is 13.2. The highest BCUT2D eigenvalue weighted by Crippen LogP contribution is 2.17. The van der Waals surface area contributed by atoms with Crippen molar-refractivity contribution in [2.75, 3.05) is 13.2 Å². The van der Waals surface area contributed by atoms with Crippen LogP contribution in [-0.2, 0) is 14.3 Å². The molecular formula is C25H26O7. The minimum atomic E-state index is -1.03. The van der Waals surface area contributed by atoms with Gasteiger partial charge in [0.15, 0.2) is 0 Å². The molecule has 0 bridgehead atoms. The number of benzene rings is 2. The number of carboxylic acids is 1. The Morgan fingerprint density at radius 2 is 1.47 bits per heavy atom. The van der Waals surface area contributed by atoms with Crippen molar-refractivity contribution >= 4 is 24.0 Å². The predicted octanol–water partition coefficient (Wildman–Crippen LogP) is 4.67. The number of unbranched alkanes of at least 4 members (excludes halogenated alkanes) is 3. The van der Waals surface area contributed by atoms with Gasteiger partial charge >= 0.3 is 17.9 Å². The van der Waals surface area contributed by atoms with Gasteiger partial charge in [0.1, 0.15) is 11.5 Å². The van der Waals surface area contributed by atoms with Crippen LogP contribution in [0.15, 0.2) is 67.3 Å². The van der Waals surface area contributed by atoms with Crippen LogP contribution in [0.2, 0.25) is 0 Å². The summed E-state index contributed by atoms with van der Waals surface area (Å²) in [5.41, 5.74) is 1.08. The van der Waals surface area contributed by atoms with Crippen molar-refractivity contribution in [1.82, 2.24) is 0 Å². The average Bonchev–Trinajstić information content (AvgIpc) is 2.80. The number of hydrogen-bond donors (Lipinski definition) is 1. The summed E-state index contributed by atoms with van der Waals surface area (Å²) in [7, 11) is 0. The molecule has 7 heteroatoms. The minimum absolute atomic E-state index is 0.363. The van der Waals surface area contributed by atoms with Crippen molar-refractivity contribution < 1.29 is 33.7 Å². The monoisotopic (exact) mass is 438 g/mol. The molecule has 0 fully saturated rings. The fourth-order valence-electron chi connectivity index (χ4n) is 2.65. The zero-order valence-corrected chi connectivity index (χ0v) is 17.7. The zero-order valence-electron chi connectivity index (χ0n) is 17.7. The first kappa shape index (κ1) is 24.4. The summed E-state index contributed by atoms with van der Waals surface area (Å²) in [6.07, 6.45) is 7.22. The Bertz CT molecular complexity index is 928. The molecule has 0 aliphatic rings. The Balaban J connectivity index is 1.69. The van der Waals surface area contributed by atoms with Gasteiger partial charge in [-0.2, -0.15) is 0 Å². The van der Waals surface area contributed by atoms with E-state index < -0.39 is 17.9 Å². The molecule has 0 aliphatic carbocycles. The molecule has 0 atom stereocenters. The highest BCUT2D eigenvalue weighted by molar-refractivity contribution is 5.91. The number of rotatable bonds is 13. The molecule has 0 spiro atoms. The Kier molecular flexibility index (Phi) is 10.2. The molecular weight excluding hydrogens is 412 g/mol. The van der Waals surface area contributed by atoms with Crippen LogP contribution < -0.4 is 9.47 Å². The molecule has 0 amide bonds. The highest BCUT2D eigenvalue weighted by Gasteiger charge is 2.09. The predicted molar refractivity (Wildman–Crippen MR) is 120 cm³/mol. The van der Waals surface area contributed by atoms with E-state index in [9.17, 15) is 14.4 Å². The number of aliphatic carboxylic acids is 1. The molecule has 2 aromatic rings. The van der Waals surface area contributed by atoms with Crippen LogP contribution in [0.1, 0.15) is 41.6 Å². The summed E-state index contributed by atoms with van der Waals surface area (Å²) < 4.78 is 15.9. The molecule has 0 unspecified atom stereocenters. The lowest BCUT2D eigenvalue weighted by Crippen LogP contribution is -2.08. The largest absolute Gasteiger partial charge is 0.494 e. The molecule has 168 valence electrons. The maximum absolute atomic E-state index is 12.3. The van der Waals surface area contributed by atoms with Crippen LogP contribution >= 0.6 is 0 Å². The number of carbonyl (C=O) groups excluding carboxylic acids is 2. The van der Waals surface area contributed by atoms with Crippen LogP contribution in [0.3, 0.4) is 0 Å². The smallest absolute Gasteiger partial charge is 0.343 e. The van der Waals surface area contributed by atoms with E-state index in [1.807, 2.05) is 0 Å². The molecule has 1 N–H and O–H groups in total. The van der Waals surface area contributed by atoms with Gasteiger partial charge in [-0.1, -0.05) is 18.7 Å². The van der Waals surface area contributed by atoms with E-state index in [4.69, 9.17) is 19.3 Å². The van der Waals surface area contributed by atoms with Gasteiger partial charge in [0.2, 0.25) is 0 Å². The van der Waals surface area contributed by atoms with Gasteiger partial charge in [-0.25, -0.2) is 14.4 Å². The van der Waals surface area contributed by atoms with Crippen molar-refractivity contribution in [3.63, 3.8) is 0 Å². The van der Waals surface area contributed by atoms with Gasteiger partial charge in [-0.05, 0) is 73.7 Å². The van der Waals surface area contributed by atoms with Crippen molar-refractivity contribution in [3.05, 3.63) is 78.4 Å². The fraction of sp³-hybridized carbons (Fsp3) is 0.240. The third-order valence-electron chi connectivity index (χ3n) is 4.32. The van der Waals surface area contributed by atoms with E-state index in [2.05, 4.69) is 6.58 Å². The summed E-state index contributed by atoms with van der Waals surface area (Å²) in [5.74, 6) is -0.902. The summed E-state index contributed by atoms with van der Waals surface area (Å²) in [6.45, 7) is 4.29. The van der Waals surface area contributed by atoms with Crippen LogP contribution in [0, 0.1) is 0 Å². The standard InChI is InChI=1S/C25H26O7/c1-2-24(28)31-18-6-4-3-5-17-30-21-14-10-20(11-15-21)25(29)32-22-12-7-19(8-13-22)9-16-23(26)27/h2,7-16H,1,3-6,17-18H2,(H,26,27)/b16-9+. The molecule has 0 aliphatic heterocycles. The Morgan fingerprint density at radius 3 is 2.09 bits per heavy atom. The molecule has 0 aromatic heterocycles. The molecule has 7 nitrogen and oxygen atoms in total. The Morgan fingerprint density at radius 1 is 0.844 bits per heavy atom. The Hall–Kier alpha value is -3.87. The van der Waals surface area contributed by atoms with Crippen LogP contribution in [0.4, 0.5) is 0 Å². The van der Waals surface area contributed by atoms with Crippen molar-refractivity contribution in [1.29, 1.82) is 0 Å². The minimum Gasteiger partial charge on any atom is -0.494 e. The normalized spacial score (nSPS) is 10.5. The Labute approximate surface area is 186 Å². The molecule has 0 radical (unpaired) electrons. The molecule has 2 aromatic carbocycles. The second kappa shape index (κ2) is 13.4. The van der Waals surface area contributed by atoms with E-state index >= 15 is 0 Å². The molecule has 2 rings (SSSR count). The molecule has 0 heterocycles. The average molecular weight is 438 g/mol. The molecule has 0 saturated heterocycles. The SMILES string of the molecule is C=CC(=O)OCCCCCCOc1ccc(C(=O)Oc2ccc(/C=C/C(=O)O)cc2)cc1. The highest BCUT2D eigenvalue weighted by atomic mass is 16.5. The topological polar surface area (TPSA) is 99.1 Å². The number of carbonyl (C=O) groups is 3. The van der Waals surface area contributed by atoms with E-state index in [1.165, 1.54) is 6.08 Å². The quantitative estimate of drug-likeness (QED) is 0.210. The summed E-state index contributed by atoms with van der Waals surface area (Å²) in [4.78, 5) is 33.7. The van der Waals surface area contributed by atoms with Crippen LogP contribution in [-0.4, -0.2) is 36.2 Å². The van der Waals surface area contributed by atoms with E-state index in [0.29, 0.717) is 35.8 Å². The molecule has 0 saturated carbocycles. The van der Waals surface area contributed by atoms with E-state index in [1.54, 1.807) is 48.5 Å². The third kappa shape index (κ3) is 9.30.